The number of hydrogen-bond acceptors (Lipinski definition) is 5. The molecule has 1 rings (SSSR count). The van der Waals surface area contributed by atoms with Crippen molar-refractivity contribution in [2.75, 3.05) is 31.7 Å². The summed E-state index contributed by atoms with van der Waals surface area (Å²) in [5, 5.41) is 10.4. The summed E-state index contributed by atoms with van der Waals surface area (Å²) in [4.78, 5) is 7.14. The maximum atomic E-state index is 9.11. The van der Waals surface area contributed by atoms with Gasteiger partial charge in [-0.25, -0.2) is 4.98 Å². The van der Waals surface area contributed by atoms with Crippen molar-refractivity contribution in [2.24, 2.45) is 5.92 Å². The Balaban J connectivity index is 2.79. The number of thiazole rings is 1. The zero-order valence-corrected chi connectivity index (χ0v) is 12.0. The third-order valence-electron chi connectivity index (χ3n) is 2.20. The van der Waals surface area contributed by atoms with Gasteiger partial charge in [0.1, 0.15) is 5.15 Å². The maximum Gasteiger partial charge on any atom is 0.187 e. The molecule has 1 N–H and O–H groups in total. The molecule has 0 saturated carbocycles. The molecule has 0 unspecified atom stereocenters. The van der Waals surface area contributed by atoms with Crippen LogP contribution < -0.4 is 4.90 Å². The molecular weight excluding hydrogens is 260 g/mol. The van der Waals surface area contributed by atoms with E-state index in [0.29, 0.717) is 22.6 Å². The third-order valence-corrected chi connectivity index (χ3v) is 3.73. The second-order valence-electron chi connectivity index (χ2n) is 4.20. The largest absolute Gasteiger partial charge is 0.391 e. The van der Waals surface area contributed by atoms with E-state index >= 15 is 0 Å². The highest BCUT2D eigenvalue weighted by Crippen LogP contribution is 2.29. The van der Waals surface area contributed by atoms with Gasteiger partial charge in [0.2, 0.25) is 0 Å². The number of aliphatic hydroxyl groups is 1. The number of anilines is 1. The number of ether oxygens (including phenoxy) is 1. The number of rotatable bonds is 7. The summed E-state index contributed by atoms with van der Waals surface area (Å²) in [6.45, 7) is 6.58. The van der Waals surface area contributed by atoms with E-state index in [-0.39, 0.29) is 6.61 Å². The average molecular weight is 279 g/mol. The third kappa shape index (κ3) is 4.43. The van der Waals surface area contributed by atoms with Crippen molar-refractivity contribution in [3.63, 3.8) is 0 Å². The minimum Gasteiger partial charge on any atom is -0.391 e. The van der Waals surface area contributed by atoms with E-state index in [4.69, 9.17) is 21.4 Å². The molecule has 1 heterocycles. The van der Waals surface area contributed by atoms with E-state index in [1.54, 1.807) is 7.11 Å². The summed E-state index contributed by atoms with van der Waals surface area (Å²) in [5.41, 5.74) is 0. The van der Waals surface area contributed by atoms with Crippen LogP contribution >= 0.6 is 22.9 Å². The van der Waals surface area contributed by atoms with Gasteiger partial charge in [-0.2, -0.15) is 0 Å². The van der Waals surface area contributed by atoms with Gasteiger partial charge in [-0.1, -0.05) is 36.8 Å². The predicted molar refractivity (Wildman–Crippen MR) is 72.0 cm³/mol. The lowest BCUT2D eigenvalue weighted by atomic mass is 10.2. The molecule has 0 spiro atoms. The van der Waals surface area contributed by atoms with Gasteiger partial charge in [-0.15, -0.1) is 0 Å². The van der Waals surface area contributed by atoms with Crippen molar-refractivity contribution >= 4 is 28.1 Å². The quantitative estimate of drug-likeness (QED) is 0.832. The molecule has 0 fully saturated rings. The van der Waals surface area contributed by atoms with Crippen LogP contribution in [0.2, 0.25) is 5.15 Å². The van der Waals surface area contributed by atoms with Gasteiger partial charge in [0, 0.05) is 20.2 Å². The number of aromatic nitrogens is 1. The molecule has 0 atom stereocenters. The summed E-state index contributed by atoms with van der Waals surface area (Å²) in [6, 6.07) is 0. The molecule has 98 valence electrons. The average Bonchev–Trinajstić information content (AvgIpc) is 2.65. The molecule has 0 amide bonds. The molecule has 17 heavy (non-hydrogen) atoms. The van der Waals surface area contributed by atoms with E-state index in [9.17, 15) is 0 Å². The van der Waals surface area contributed by atoms with Crippen LogP contribution in [0.15, 0.2) is 0 Å². The van der Waals surface area contributed by atoms with Crippen LogP contribution in [0.5, 0.6) is 0 Å². The van der Waals surface area contributed by atoms with E-state index in [0.717, 1.165) is 18.2 Å². The lowest BCUT2D eigenvalue weighted by Crippen LogP contribution is -2.30. The van der Waals surface area contributed by atoms with Crippen LogP contribution in [-0.4, -0.2) is 36.9 Å². The molecule has 0 aromatic carbocycles. The topological polar surface area (TPSA) is 45.6 Å². The fourth-order valence-electron chi connectivity index (χ4n) is 1.46. The smallest absolute Gasteiger partial charge is 0.187 e. The molecule has 0 aliphatic heterocycles. The first kappa shape index (κ1) is 14.7. The number of methoxy groups -OCH3 is 1. The first-order valence-corrected chi connectivity index (χ1v) is 6.77. The van der Waals surface area contributed by atoms with Crippen LogP contribution in [0.4, 0.5) is 5.13 Å². The zero-order chi connectivity index (χ0) is 12.8. The van der Waals surface area contributed by atoms with E-state index in [2.05, 4.69) is 23.7 Å². The zero-order valence-electron chi connectivity index (χ0n) is 10.4. The van der Waals surface area contributed by atoms with Gasteiger partial charge in [0.05, 0.1) is 18.1 Å². The first-order valence-electron chi connectivity index (χ1n) is 5.58. The highest BCUT2D eigenvalue weighted by Gasteiger charge is 2.15. The molecule has 0 bridgehead atoms. The Kier molecular flexibility index (Phi) is 6.19. The summed E-state index contributed by atoms with van der Waals surface area (Å²) >= 11 is 7.38. The molecule has 0 aliphatic rings. The summed E-state index contributed by atoms with van der Waals surface area (Å²) in [6.07, 6.45) is 0. The number of hydrogen-bond donors (Lipinski definition) is 1. The van der Waals surface area contributed by atoms with Gasteiger partial charge in [0.15, 0.2) is 5.13 Å². The van der Waals surface area contributed by atoms with Gasteiger partial charge in [-0.3, -0.25) is 0 Å². The Bertz CT molecular complexity index is 344. The molecule has 6 heteroatoms. The minimum atomic E-state index is -0.0592. The van der Waals surface area contributed by atoms with Crippen LogP contribution in [0.3, 0.4) is 0 Å². The van der Waals surface area contributed by atoms with Crippen LogP contribution in [0.1, 0.15) is 18.7 Å². The maximum absolute atomic E-state index is 9.11. The molecule has 1 aromatic rings. The Morgan fingerprint density at radius 2 is 2.24 bits per heavy atom. The van der Waals surface area contributed by atoms with Gasteiger partial charge >= 0.3 is 0 Å². The number of nitrogens with zero attached hydrogens (tertiary/aromatic N) is 2. The predicted octanol–water partition coefficient (Wildman–Crippen LogP) is 2.40. The molecular formula is C11H19ClN2O2S. The molecule has 4 nitrogen and oxygen atoms in total. The van der Waals surface area contributed by atoms with Gasteiger partial charge in [-0.05, 0) is 5.92 Å². The highest BCUT2D eigenvalue weighted by atomic mass is 35.5. The highest BCUT2D eigenvalue weighted by molar-refractivity contribution is 7.16. The van der Waals surface area contributed by atoms with Crippen molar-refractivity contribution in [2.45, 2.75) is 20.5 Å². The standard InChI is InChI=1S/C11H19ClN2O2S/c1-8(2)6-14(4-5-16-3)11-13-10(12)9(7-15)17-11/h8,15H,4-7H2,1-3H3. The fraction of sp³-hybridized carbons (Fsp3) is 0.727. The van der Waals surface area contributed by atoms with Crippen LogP contribution in [-0.2, 0) is 11.3 Å². The SMILES string of the molecule is COCCN(CC(C)C)c1nc(Cl)c(CO)s1. The van der Waals surface area contributed by atoms with Crippen LogP contribution in [0, 0.1) is 5.92 Å². The van der Waals surface area contributed by atoms with Crippen molar-refractivity contribution < 1.29 is 9.84 Å². The Labute approximate surface area is 111 Å². The fourth-order valence-corrected chi connectivity index (χ4v) is 2.61. The van der Waals surface area contributed by atoms with Gasteiger partial charge in [0.25, 0.3) is 0 Å². The summed E-state index contributed by atoms with van der Waals surface area (Å²) in [7, 11) is 1.68. The Hall–Kier alpha value is -0.360. The van der Waals surface area contributed by atoms with Crippen LogP contribution in [0.25, 0.3) is 0 Å². The number of halogens is 1. The summed E-state index contributed by atoms with van der Waals surface area (Å²) < 4.78 is 5.09. The molecule has 0 radical (unpaired) electrons. The van der Waals surface area contributed by atoms with E-state index < -0.39 is 0 Å². The Morgan fingerprint density at radius 1 is 1.53 bits per heavy atom. The molecule has 1 aromatic heterocycles. The monoisotopic (exact) mass is 278 g/mol. The second-order valence-corrected chi connectivity index (χ2v) is 5.62. The Morgan fingerprint density at radius 3 is 2.71 bits per heavy atom. The second kappa shape index (κ2) is 7.16. The first-order chi connectivity index (χ1) is 8.08. The van der Waals surface area contributed by atoms with Gasteiger partial charge < -0.3 is 14.7 Å². The van der Waals surface area contributed by atoms with E-state index in [1.165, 1.54) is 11.3 Å². The van der Waals surface area contributed by atoms with Crippen molar-refractivity contribution in [1.82, 2.24) is 4.98 Å². The lowest BCUT2D eigenvalue weighted by molar-refractivity contribution is 0.204. The van der Waals surface area contributed by atoms with Crippen molar-refractivity contribution in [3.8, 4) is 0 Å². The lowest BCUT2D eigenvalue weighted by Gasteiger charge is -2.23. The van der Waals surface area contributed by atoms with Crippen molar-refractivity contribution in [3.05, 3.63) is 10.0 Å². The number of aliphatic hydroxyl groups excluding tert-OH is 1. The normalized spacial score (nSPS) is 11.2. The summed E-state index contributed by atoms with van der Waals surface area (Å²) in [5.74, 6) is 0.534. The van der Waals surface area contributed by atoms with Crippen molar-refractivity contribution in [1.29, 1.82) is 0 Å². The van der Waals surface area contributed by atoms with E-state index in [1.807, 2.05) is 0 Å². The molecule has 0 aliphatic carbocycles. The minimum absolute atomic E-state index is 0.0592. The molecule has 0 saturated heterocycles.